The minimum atomic E-state index is -0.0207. The normalized spacial score (nSPS) is 27.8. The number of carbonyl (C=O) groups is 1. The molecule has 3 rings (SSSR count). The molecule has 0 saturated carbocycles. The van der Waals surface area contributed by atoms with Crippen molar-refractivity contribution in [2.45, 2.75) is 30.2 Å². The number of nitrogens with zero attached hydrogens (tertiary/aromatic N) is 2. The molecule has 24 heavy (non-hydrogen) atoms. The number of thioether (sulfide) groups is 1. The van der Waals surface area contributed by atoms with Crippen molar-refractivity contribution in [2.75, 3.05) is 39.0 Å². The van der Waals surface area contributed by atoms with E-state index in [2.05, 4.69) is 11.9 Å². The largest absolute Gasteiger partial charge is 0.396 e. The monoisotopic (exact) mass is 368 g/mol. The third-order valence-electron chi connectivity index (χ3n) is 5.54. The highest BCUT2D eigenvalue weighted by atomic mass is 35.5. The molecule has 6 heteroatoms. The van der Waals surface area contributed by atoms with Crippen molar-refractivity contribution >= 4 is 29.3 Å². The van der Waals surface area contributed by atoms with E-state index in [1.807, 2.05) is 29.2 Å². The Balaban J connectivity index is 1.59. The highest BCUT2D eigenvalue weighted by molar-refractivity contribution is 8.00. The summed E-state index contributed by atoms with van der Waals surface area (Å²) in [7, 11) is 2.12. The van der Waals surface area contributed by atoms with Gasteiger partial charge in [0.2, 0.25) is 5.91 Å². The smallest absolute Gasteiger partial charge is 0.232 e. The van der Waals surface area contributed by atoms with Crippen LogP contribution in [0.5, 0.6) is 0 Å². The van der Waals surface area contributed by atoms with E-state index in [0.717, 1.165) is 43.8 Å². The number of aliphatic hydroxyl groups excluding tert-OH is 1. The van der Waals surface area contributed by atoms with Crippen molar-refractivity contribution in [1.29, 1.82) is 0 Å². The van der Waals surface area contributed by atoms with Crippen LogP contribution in [-0.2, 0) is 4.79 Å². The van der Waals surface area contributed by atoms with Crippen molar-refractivity contribution in [2.24, 2.45) is 5.41 Å². The molecule has 0 bridgehead atoms. The van der Waals surface area contributed by atoms with Gasteiger partial charge in [-0.25, -0.2) is 0 Å². The number of rotatable bonds is 4. The standard InChI is InChI=1S/C18H25ClN2O2S/c1-20-9-2-7-18(13-22)8-10-21(11-16(18)20)17(23)12-24-15-5-3-14(19)4-6-15/h3-6,16,22H,2,7-13H2,1H3/t16-,18-/m1/s1. The first kappa shape index (κ1) is 18.1. The Kier molecular flexibility index (Phi) is 5.75. The molecule has 1 aromatic carbocycles. The molecule has 4 nitrogen and oxygen atoms in total. The second kappa shape index (κ2) is 7.65. The van der Waals surface area contributed by atoms with Crippen molar-refractivity contribution in [3.05, 3.63) is 29.3 Å². The average molecular weight is 369 g/mol. The van der Waals surface area contributed by atoms with Gasteiger partial charge in [0, 0.05) is 34.5 Å². The van der Waals surface area contributed by atoms with Gasteiger partial charge in [0.1, 0.15) is 0 Å². The van der Waals surface area contributed by atoms with Gasteiger partial charge in [-0.2, -0.15) is 0 Å². The van der Waals surface area contributed by atoms with Crippen molar-refractivity contribution in [3.63, 3.8) is 0 Å². The zero-order valence-corrected chi connectivity index (χ0v) is 15.7. The summed E-state index contributed by atoms with van der Waals surface area (Å²) in [6.45, 7) is 2.76. The molecule has 132 valence electrons. The van der Waals surface area contributed by atoms with Gasteiger partial charge in [0.05, 0.1) is 12.4 Å². The van der Waals surface area contributed by atoms with Gasteiger partial charge >= 0.3 is 0 Å². The van der Waals surface area contributed by atoms with E-state index in [0.29, 0.717) is 10.8 Å². The summed E-state index contributed by atoms with van der Waals surface area (Å²) >= 11 is 7.45. The van der Waals surface area contributed by atoms with Crippen LogP contribution in [0.1, 0.15) is 19.3 Å². The molecule has 1 amide bonds. The first-order chi connectivity index (χ1) is 11.5. The zero-order valence-electron chi connectivity index (χ0n) is 14.1. The lowest BCUT2D eigenvalue weighted by molar-refractivity contribution is -0.137. The van der Waals surface area contributed by atoms with E-state index < -0.39 is 0 Å². The van der Waals surface area contributed by atoms with Crippen LogP contribution in [0.3, 0.4) is 0 Å². The lowest BCUT2D eigenvalue weighted by Crippen LogP contribution is -2.62. The summed E-state index contributed by atoms with van der Waals surface area (Å²) < 4.78 is 0. The van der Waals surface area contributed by atoms with Crippen LogP contribution in [0, 0.1) is 5.41 Å². The second-order valence-corrected chi connectivity index (χ2v) is 8.44. The number of likely N-dealkylation sites (tertiary alicyclic amines) is 2. The predicted octanol–water partition coefficient (Wildman–Crippen LogP) is 2.74. The van der Waals surface area contributed by atoms with Gasteiger partial charge < -0.3 is 14.9 Å². The fourth-order valence-corrected chi connectivity index (χ4v) is 4.94. The Morgan fingerprint density at radius 3 is 2.79 bits per heavy atom. The molecule has 2 atom stereocenters. The van der Waals surface area contributed by atoms with E-state index in [9.17, 15) is 9.90 Å². The van der Waals surface area contributed by atoms with Gasteiger partial charge in [-0.15, -0.1) is 11.8 Å². The summed E-state index contributed by atoms with van der Waals surface area (Å²) in [6.07, 6.45) is 3.10. The SMILES string of the molecule is CN1CCC[C@]2(CO)CCN(C(=O)CSc3ccc(Cl)cc3)C[C@@H]12. The maximum absolute atomic E-state index is 12.6. The lowest BCUT2D eigenvalue weighted by atomic mass is 9.69. The van der Waals surface area contributed by atoms with E-state index >= 15 is 0 Å². The number of carbonyl (C=O) groups excluding carboxylic acids is 1. The van der Waals surface area contributed by atoms with Crippen molar-refractivity contribution in [1.82, 2.24) is 9.80 Å². The number of halogens is 1. The molecule has 0 spiro atoms. The molecule has 2 fully saturated rings. The fraction of sp³-hybridized carbons (Fsp3) is 0.611. The molecule has 1 N–H and O–H groups in total. The Hall–Kier alpha value is -0.750. The average Bonchev–Trinajstić information content (AvgIpc) is 2.61. The second-order valence-electron chi connectivity index (χ2n) is 6.95. The first-order valence-electron chi connectivity index (χ1n) is 8.51. The fourth-order valence-electron chi connectivity index (χ4n) is 4.01. The Bertz CT molecular complexity index is 583. The number of amides is 1. The number of aliphatic hydroxyl groups is 1. The van der Waals surface area contributed by atoms with Crippen LogP contribution in [-0.4, -0.2) is 65.9 Å². The molecule has 2 aliphatic rings. The Morgan fingerprint density at radius 1 is 1.33 bits per heavy atom. The molecule has 1 aromatic rings. The molecular weight excluding hydrogens is 344 g/mol. The maximum Gasteiger partial charge on any atom is 0.232 e. The van der Waals surface area contributed by atoms with E-state index in [-0.39, 0.29) is 24.0 Å². The summed E-state index contributed by atoms with van der Waals surface area (Å²) in [5.41, 5.74) is -0.0207. The highest BCUT2D eigenvalue weighted by Gasteiger charge is 2.47. The number of hydrogen-bond acceptors (Lipinski definition) is 4. The Morgan fingerprint density at radius 2 is 2.08 bits per heavy atom. The van der Waals surface area contributed by atoms with Crippen LogP contribution in [0.2, 0.25) is 5.02 Å². The van der Waals surface area contributed by atoms with Gasteiger partial charge in [0.25, 0.3) is 0 Å². The summed E-state index contributed by atoms with van der Waals surface area (Å²) in [4.78, 5) is 18.0. The molecule has 0 unspecified atom stereocenters. The van der Waals surface area contributed by atoms with Crippen LogP contribution in [0.4, 0.5) is 0 Å². The molecule has 2 saturated heterocycles. The maximum atomic E-state index is 12.6. The number of piperidine rings is 2. The molecule has 2 aliphatic heterocycles. The van der Waals surface area contributed by atoms with Crippen molar-refractivity contribution < 1.29 is 9.90 Å². The van der Waals surface area contributed by atoms with E-state index in [4.69, 9.17) is 11.6 Å². The number of benzene rings is 1. The van der Waals surface area contributed by atoms with Crippen LogP contribution >= 0.6 is 23.4 Å². The summed E-state index contributed by atoms with van der Waals surface area (Å²) in [5.74, 6) is 0.630. The quantitative estimate of drug-likeness (QED) is 0.830. The molecular formula is C18H25ClN2O2S. The first-order valence-corrected chi connectivity index (χ1v) is 9.88. The topological polar surface area (TPSA) is 43.8 Å². The number of fused-ring (bicyclic) bond motifs is 1. The summed E-state index contributed by atoms with van der Waals surface area (Å²) in [5, 5.41) is 10.7. The van der Waals surface area contributed by atoms with Crippen LogP contribution < -0.4 is 0 Å². The third kappa shape index (κ3) is 3.74. The summed E-state index contributed by atoms with van der Waals surface area (Å²) in [6, 6.07) is 7.86. The zero-order chi connectivity index (χ0) is 17.2. The molecule has 0 radical (unpaired) electrons. The minimum absolute atomic E-state index is 0.0207. The predicted molar refractivity (Wildman–Crippen MR) is 98.5 cm³/mol. The van der Waals surface area contributed by atoms with Crippen LogP contribution in [0.25, 0.3) is 0 Å². The van der Waals surface area contributed by atoms with Crippen molar-refractivity contribution in [3.8, 4) is 0 Å². The Labute approximate surface area is 153 Å². The van der Waals surface area contributed by atoms with Gasteiger partial charge in [-0.05, 0) is 57.1 Å². The lowest BCUT2D eigenvalue weighted by Gasteiger charge is -2.53. The highest BCUT2D eigenvalue weighted by Crippen LogP contribution is 2.41. The van der Waals surface area contributed by atoms with E-state index in [1.165, 1.54) is 0 Å². The van der Waals surface area contributed by atoms with Crippen LogP contribution in [0.15, 0.2) is 29.2 Å². The number of likely N-dealkylation sites (N-methyl/N-ethyl adjacent to an activating group) is 1. The van der Waals surface area contributed by atoms with Gasteiger partial charge in [-0.1, -0.05) is 11.6 Å². The minimum Gasteiger partial charge on any atom is -0.396 e. The number of hydrogen-bond donors (Lipinski definition) is 1. The third-order valence-corrected chi connectivity index (χ3v) is 6.79. The molecule has 0 aliphatic carbocycles. The van der Waals surface area contributed by atoms with Gasteiger partial charge in [-0.3, -0.25) is 4.79 Å². The van der Waals surface area contributed by atoms with E-state index in [1.54, 1.807) is 11.8 Å². The molecule has 2 heterocycles. The van der Waals surface area contributed by atoms with Gasteiger partial charge in [0.15, 0.2) is 0 Å². The molecule has 0 aromatic heterocycles.